The van der Waals surface area contributed by atoms with Crippen LogP contribution in [0, 0.1) is 5.92 Å². The van der Waals surface area contributed by atoms with E-state index in [2.05, 4.69) is 39.6 Å². The van der Waals surface area contributed by atoms with Crippen molar-refractivity contribution < 1.29 is 4.79 Å². The van der Waals surface area contributed by atoms with E-state index in [1.807, 2.05) is 30.2 Å². The van der Waals surface area contributed by atoms with Gasteiger partial charge < -0.3 is 10.2 Å². The molecule has 2 aliphatic heterocycles. The molecule has 1 N–H and O–H groups in total. The quantitative estimate of drug-likeness (QED) is 0.940. The molecule has 0 spiro atoms. The number of aryl methyl sites for hydroxylation is 1. The molecule has 5 heteroatoms. The van der Waals surface area contributed by atoms with Gasteiger partial charge in [-0.15, -0.1) is 0 Å². The van der Waals surface area contributed by atoms with E-state index in [4.69, 9.17) is 0 Å². The minimum absolute atomic E-state index is 0.0125. The van der Waals surface area contributed by atoms with E-state index in [1.165, 1.54) is 5.56 Å². The summed E-state index contributed by atoms with van der Waals surface area (Å²) in [7, 11) is 1.93. The summed E-state index contributed by atoms with van der Waals surface area (Å²) in [5.41, 5.74) is 2.42. The molecule has 0 radical (unpaired) electrons. The van der Waals surface area contributed by atoms with Gasteiger partial charge in [-0.1, -0.05) is 30.3 Å². The Labute approximate surface area is 142 Å². The molecular formula is C19H24N4O. The Kier molecular flexibility index (Phi) is 4.10. The number of carbonyl (C=O) groups excluding carboxylic acids is 1. The lowest BCUT2D eigenvalue weighted by molar-refractivity contribution is -0.136. The molecular weight excluding hydrogens is 300 g/mol. The van der Waals surface area contributed by atoms with Crippen LogP contribution in [0.5, 0.6) is 0 Å². The first-order valence-corrected chi connectivity index (χ1v) is 8.79. The summed E-state index contributed by atoms with van der Waals surface area (Å²) in [6.07, 6.45) is 6.09. The summed E-state index contributed by atoms with van der Waals surface area (Å²) in [5.74, 6) is 0.530. The van der Waals surface area contributed by atoms with Gasteiger partial charge in [0.25, 0.3) is 0 Å². The molecule has 2 fully saturated rings. The monoisotopic (exact) mass is 324 g/mol. The van der Waals surface area contributed by atoms with Gasteiger partial charge in [0, 0.05) is 38.8 Å². The van der Waals surface area contributed by atoms with Crippen LogP contribution in [-0.4, -0.2) is 40.2 Å². The van der Waals surface area contributed by atoms with Gasteiger partial charge in [-0.2, -0.15) is 5.10 Å². The molecule has 0 aliphatic carbocycles. The van der Waals surface area contributed by atoms with Gasteiger partial charge in [-0.05, 0) is 24.0 Å². The van der Waals surface area contributed by atoms with Gasteiger partial charge in [0.1, 0.15) is 0 Å². The third-order valence-electron chi connectivity index (χ3n) is 5.40. The minimum atomic E-state index is 0.0125. The maximum Gasteiger partial charge on any atom is 0.228 e. The second-order valence-electron chi connectivity index (χ2n) is 6.92. The molecule has 1 aromatic carbocycles. The smallest absolute Gasteiger partial charge is 0.228 e. The lowest BCUT2D eigenvalue weighted by Crippen LogP contribution is -2.38. The number of carbonyl (C=O) groups is 1. The van der Waals surface area contributed by atoms with Gasteiger partial charge in [0.2, 0.25) is 5.91 Å². The highest BCUT2D eigenvalue weighted by molar-refractivity contribution is 5.81. The molecule has 2 aromatic rings. The lowest BCUT2D eigenvalue weighted by atomic mass is 9.89. The number of likely N-dealkylation sites (tertiary alicyclic amines) is 1. The van der Waals surface area contributed by atoms with Crippen LogP contribution < -0.4 is 5.32 Å². The number of nitrogens with one attached hydrogen (secondary N) is 1. The molecule has 5 nitrogen and oxygen atoms in total. The van der Waals surface area contributed by atoms with Gasteiger partial charge in [0.15, 0.2) is 0 Å². The standard InChI is InChI=1S/C19H24N4O/c1-22-13-15(10-21-22)16-11-20-12-17(16)19(24)23-9-5-8-18(23)14-6-3-2-4-7-14/h2-4,6-7,10,13,16-18,20H,5,8-9,11-12H2,1H3/t16-,17+,18?/m1/s1. The normalized spacial score (nSPS) is 26.9. The second-order valence-corrected chi connectivity index (χ2v) is 6.92. The van der Waals surface area contributed by atoms with Gasteiger partial charge in [0.05, 0.1) is 18.2 Å². The zero-order valence-electron chi connectivity index (χ0n) is 14.1. The van der Waals surface area contributed by atoms with Crippen molar-refractivity contribution in [2.24, 2.45) is 13.0 Å². The fourth-order valence-corrected chi connectivity index (χ4v) is 4.19. The van der Waals surface area contributed by atoms with Crippen LogP contribution in [-0.2, 0) is 11.8 Å². The molecule has 0 bridgehead atoms. The molecule has 1 amide bonds. The molecule has 2 saturated heterocycles. The average molecular weight is 324 g/mol. The predicted octanol–water partition coefficient (Wildman–Crippen LogP) is 2.09. The highest BCUT2D eigenvalue weighted by atomic mass is 16.2. The molecule has 1 unspecified atom stereocenters. The summed E-state index contributed by atoms with van der Waals surface area (Å²) in [4.78, 5) is 15.4. The Morgan fingerprint density at radius 1 is 1.21 bits per heavy atom. The summed E-state index contributed by atoms with van der Waals surface area (Å²) in [5, 5.41) is 7.68. The Bertz CT molecular complexity index is 711. The topological polar surface area (TPSA) is 50.2 Å². The lowest BCUT2D eigenvalue weighted by Gasteiger charge is -2.29. The molecule has 126 valence electrons. The number of benzene rings is 1. The van der Waals surface area contributed by atoms with Crippen molar-refractivity contribution in [1.29, 1.82) is 0 Å². The largest absolute Gasteiger partial charge is 0.335 e. The first-order valence-electron chi connectivity index (χ1n) is 8.79. The van der Waals surface area contributed by atoms with E-state index in [-0.39, 0.29) is 17.9 Å². The molecule has 2 aliphatic rings. The van der Waals surface area contributed by atoms with Crippen molar-refractivity contribution in [2.75, 3.05) is 19.6 Å². The average Bonchev–Trinajstić information content (AvgIpc) is 3.34. The third kappa shape index (κ3) is 2.73. The van der Waals surface area contributed by atoms with E-state index >= 15 is 0 Å². The Morgan fingerprint density at radius 3 is 2.79 bits per heavy atom. The number of amides is 1. The summed E-state index contributed by atoms with van der Waals surface area (Å²) in [6.45, 7) is 2.48. The Balaban J connectivity index is 1.56. The molecule has 3 atom stereocenters. The molecule has 4 rings (SSSR count). The van der Waals surface area contributed by atoms with E-state index in [1.54, 1.807) is 0 Å². The van der Waals surface area contributed by atoms with Crippen molar-refractivity contribution in [3.8, 4) is 0 Å². The number of nitrogens with zero attached hydrogens (tertiary/aromatic N) is 3. The Morgan fingerprint density at radius 2 is 2.04 bits per heavy atom. The van der Waals surface area contributed by atoms with E-state index in [0.29, 0.717) is 5.91 Å². The molecule has 3 heterocycles. The maximum absolute atomic E-state index is 13.3. The number of hydrogen-bond acceptors (Lipinski definition) is 3. The van der Waals surface area contributed by atoms with Gasteiger partial charge in [-0.25, -0.2) is 0 Å². The second kappa shape index (κ2) is 6.40. The summed E-state index contributed by atoms with van der Waals surface area (Å²) >= 11 is 0. The van der Waals surface area contributed by atoms with Crippen molar-refractivity contribution in [2.45, 2.75) is 24.8 Å². The van der Waals surface area contributed by atoms with Crippen molar-refractivity contribution in [3.05, 3.63) is 53.9 Å². The maximum atomic E-state index is 13.3. The van der Waals surface area contributed by atoms with Crippen LogP contribution in [0.1, 0.15) is 35.9 Å². The number of aromatic nitrogens is 2. The van der Waals surface area contributed by atoms with Gasteiger partial charge in [-0.3, -0.25) is 9.48 Å². The van der Waals surface area contributed by atoms with E-state index in [9.17, 15) is 4.79 Å². The molecule has 0 saturated carbocycles. The van der Waals surface area contributed by atoms with Crippen LogP contribution in [0.15, 0.2) is 42.7 Å². The van der Waals surface area contributed by atoms with Crippen LogP contribution in [0.25, 0.3) is 0 Å². The van der Waals surface area contributed by atoms with E-state index in [0.717, 1.165) is 38.0 Å². The first kappa shape index (κ1) is 15.4. The summed E-state index contributed by atoms with van der Waals surface area (Å²) in [6, 6.07) is 10.7. The summed E-state index contributed by atoms with van der Waals surface area (Å²) < 4.78 is 1.82. The van der Waals surface area contributed by atoms with Crippen molar-refractivity contribution in [3.63, 3.8) is 0 Å². The van der Waals surface area contributed by atoms with Crippen LogP contribution in [0.2, 0.25) is 0 Å². The molecule has 1 aromatic heterocycles. The first-order chi connectivity index (χ1) is 11.7. The fourth-order valence-electron chi connectivity index (χ4n) is 4.19. The number of hydrogen-bond donors (Lipinski definition) is 1. The van der Waals surface area contributed by atoms with E-state index < -0.39 is 0 Å². The number of rotatable bonds is 3. The fraction of sp³-hybridized carbons (Fsp3) is 0.474. The Hall–Kier alpha value is -2.14. The third-order valence-corrected chi connectivity index (χ3v) is 5.40. The van der Waals surface area contributed by atoms with Gasteiger partial charge >= 0.3 is 0 Å². The van der Waals surface area contributed by atoms with Crippen LogP contribution in [0.3, 0.4) is 0 Å². The highest BCUT2D eigenvalue weighted by Gasteiger charge is 2.40. The minimum Gasteiger partial charge on any atom is -0.335 e. The highest BCUT2D eigenvalue weighted by Crippen LogP contribution is 2.36. The van der Waals surface area contributed by atoms with Crippen molar-refractivity contribution >= 4 is 5.91 Å². The SMILES string of the molecule is Cn1cc([C@H]2CNC[C@@H]2C(=O)N2CCCC2c2ccccc2)cn1. The zero-order valence-corrected chi connectivity index (χ0v) is 14.1. The predicted molar refractivity (Wildman–Crippen MR) is 92.4 cm³/mol. The zero-order chi connectivity index (χ0) is 16.5. The van der Waals surface area contributed by atoms with Crippen molar-refractivity contribution in [1.82, 2.24) is 20.0 Å². The van der Waals surface area contributed by atoms with Crippen LogP contribution in [0.4, 0.5) is 0 Å². The molecule has 24 heavy (non-hydrogen) atoms. The van der Waals surface area contributed by atoms with Crippen LogP contribution >= 0.6 is 0 Å².